The Morgan fingerprint density at radius 1 is 0.425 bits per heavy atom. The van der Waals surface area contributed by atoms with Gasteiger partial charge < -0.3 is 9.13 Å². The minimum absolute atomic E-state index is 0. The van der Waals surface area contributed by atoms with Crippen LogP contribution in [0.3, 0.4) is 0 Å². The van der Waals surface area contributed by atoms with Gasteiger partial charge in [0.1, 0.15) is 5.54 Å². The molecule has 3 aliphatic carbocycles. The Morgan fingerprint density at radius 2 is 0.808 bits per heavy atom. The average molecular weight is 1120 g/mol. The van der Waals surface area contributed by atoms with E-state index in [1.54, 1.807) is 0 Å². The second-order valence-corrected chi connectivity index (χ2v) is 19.9. The van der Waals surface area contributed by atoms with Crippen LogP contribution in [0, 0.1) is 39.2 Å². The van der Waals surface area contributed by atoms with E-state index in [-0.39, 0.29) is 21.1 Å². The summed E-state index contributed by atoms with van der Waals surface area (Å²) in [4.78, 5) is 5.43. The molecule has 0 aliphatic heterocycles. The van der Waals surface area contributed by atoms with E-state index in [1.165, 1.54) is 83.5 Å². The molecule has 11 aromatic rings. The van der Waals surface area contributed by atoms with Crippen molar-refractivity contribution in [3.8, 4) is 44.5 Å². The van der Waals surface area contributed by atoms with E-state index in [0.29, 0.717) is 0 Å². The third kappa shape index (κ3) is 6.04. The standard InChI is InChI=1S/C69H49N3.Pt/c1-45-20-17-21-46(2)66(45)48-38-39-70-65(40-48)68(61-34-13-7-28-55(61)56-29-8-14-35-62(56)68)51-24-18-22-49(41-51)67(59-32-11-5-26-53(59)54-27-6-12-33-60(54)67)50-23-19-25-52(42-50)69(72-43-47(3)71(4)44-72)63-36-15-9-30-57(63)58-31-10-16-37-64(58)69;/h5-40,43H,1-4H3;/q-2;. The molecule has 0 fully saturated rings. The molecule has 3 nitrogen and oxygen atoms in total. The molecular formula is C69H49N3Pt-2. The van der Waals surface area contributed by atoms with Crippen molar-refractivity contribution in [2.45, 2.75) is 37.1 Å². The summed E-state index contributed by atoms with van der Waals surface area (Å²) in [5.41, 5.74) is 23.3. The van der Waals surface area contributed by atoms with Gasteiger partial charge >= 0.3 is 0 Å². The van der Waals surface area contributed by atoms with Crippen molar-refractivity contribution in [2.75, 3.05) is 0 Å². The molecule has 9 aromatic carbocycles. The van der Waals surface area contributed by atoms with Gasteiger partial charge in [-0.15, -0.1) is 22.3 Å². The maximum Gasteiger partial charge on any atom is 0.205 e. The molecule has 0 atom stereocenters. The van der Waals surface area contributed by atoms with Crippen LogP contribution in [0.25, 0.3) is 44.5 Å². The largest absolute Gasteiger partial charge is 0.351 e. The van der Waals surface area contributed by atoms with Crippen LogP contribution in [0.2, 0.25) is 0 Å². The molecule has 0 unspecified atom stereocenters. The van der Waals surface area contributed by atoms with Gasteiger partial charge in [-0.1, -0.05) is 171 Å². The predicted molar refractivity (Wildman–Crippen MR) is 288 cm³/mol. The molecule has 352 valence electrons. The van der Waals surface area contributed by atoms with Crippen molar-refractivity contribution in [1.29, 1.82) is 0 Å². The fraction of sp³-hybridized carbons (Fsp3) is 0.101. The number of benzene rings is 9. The van der Waals surface area contributed by atoms with Gasteiger partial charge in [0.25, 0.3) is 0 Å². The van der Waals surface area contributed by atoms with Crippen LogP contribution in [-0.2, 0) is 44.5 Å². The van der Waals surface area contributed by atoms with E-state index in [0.717, 1.165) is 39.2 Å². The van der Waals surface area contributed by atoms with Crippen molar-refractivity contribution in [1.82, 2.24) is 9.55 Å². The van der Waals surface area contributed by atoms with E-state index < -0.39 is 16.4 Å². The van der Waals surface area contributed by atoms with E-state index in [4.69, 9.17) is 4.98 Å². The number of aryl methyl sites for hydroxylation is 4. The van der Waals surface area contributed by atoms with E-state index in [9.17, 15) is 0 Å². The molecule has 0 saturated carbocycles. The Morgan fingerprint density at radius 3 is 1.27 bits per heavy atom. The monoisotopic (exact) mass is 1110 g/mol. The summed E-state index contributed by atoms with van der Waals surface area (Å²) in [5.74, 6) is 0. The van der Waals surface area contributed by atoms with Gasteiger partial charge in [0.15, 0.2) is 0 Å². The molecule has 0 bridgehead atoms. The summed E-state index contributed by atoms with van der Waals surface area (Å²) < 4.78 is 4.40. The van der Waals surface area contributed by atoms with Crippen LogP contribution < -0.4 is 4.57 Å². The van der Waals surface area contributed by atoms with Gasteiger partial charge in [0.2, 0.25) is 6.33 Å². The SMILES string of the molecule is Cc1cccc(C)c1-c1ccnc(C2(c3[c-]c(C4(c5[c-]c(C6(n7[c-][n+](C)c(C)c7)c7ccccc7-c7ccccc76)ccc5)c5ccccc5-c5ccccc54)ccc3)c3ccccc3-c3ccccc32)c1.[Pt]. The second kappa shape index (κ2) is 16.8. The second-order valence-electron chi connectivity index (χ2n) is 19.9. The quantitative estimate of drug-likeness (QED) is 0.115. The maximum absolute atomic E-state index is 5.43. The number of imidazole rings is 1. The van der Waals surface area contributed by atoms with Crippen molar-refractivity contribution in [3.63, 3.8) is 0 Å². The fourth-order valence-electron chi connectivity index (χ4n) is 13.4. The topological polar surface area (TPSA) is 21.7 Å². The predicted octanol–water partition coefficient (Wildman–Crippen LogP) is 14.2. The number of pyridine rings is 1. The normalized spacial score (nSPS) is 14.5. The molecule has 14 rings (SSSR count). The molecule has 2 aromatic heterocycles. The number of fused-ring (bicyclic) bond motifs is 9. The van der Waals surface area contributed by atoms with Crippen LogP contribution >= 0.6 is 0 Å². The Bertz CT molecular complexity index is 3850. The third-order valence-corrected chi connectivity index (χ3v) is 16.4. The van der Waals surface area contributed by atoms with Crippen molar-refractivity contribution < 1.29 is 25.6 Å². The summed E-state index contributed by atoms with van der Waals surface area (Å²) in [5, 5.41) is 0. The number of aromatic nitrogens is 3. The van der Waals surface area contributed by atoms with Gasteiger partial charge in [-0.05, 0) is 116 Å². The molecule has 2 heterocycles. The third-order valence-electron chi connectivity index (χ3n) is 16.4. The first-order valence-electron chi connectivity index (χ1n) is 25.0. The van der Waals surface area contributed by atoms with Gasteiger partial charge in [0.05, 0.1) is 18.2 Å². The molecule has 0 spiro atoms. The van der Waals surface area contributed by atoms with Crippen LogP contribution in [0.15, 0.2) is 225 Å². The summed E-state index contributed by atoms with van der Waals surface area (Å²) >= 11 is 0. The van der Waals surface area contributed by atoms with E-state index in [1.807, 2.05) is 6.20 Å². The van der Waals surface area contributed by atoms with E-state index >= 15 is 0 Å². The first kappa shape index (κ1) is 44.9. The number of hydrogen-bond acceptors (Lipinski definition) is 1. The molecule has 0 radical (unpaired) electrons. The van der Waals surface area contributed by atoms with Crippen LogP contribution in [0.1, 0.15) is 78.1 Å². The molecular weight excluding hydrogens is 1070 g/mol. The zero-order valence-electron chi connectivity index (χ0n) is 41.0. The number of nitrogens with zero attached hydrogens (tertiary/aromatic N) is 3. The maximum atomic E-state index is 5.43. The smallest absolute Gasteiger partial charge is 0.205 e. The molecule has 3 aliphatic rings. The molecule has 0 N–H and O–H groups in total. The fourth-order valence-corrected chi connectivity index (χ4v) is 13.4. The van der Waals surface area contributed by atoms with Crippen LogP contribution in [0.5, 0.6) is 0 Å². The summed E-state index contributed by atoms with van der Waals surface area (Å²) in [6.07, 6.45) is 8.02. The van der Waals surface area contributed by atoms with Crippen molar-refractivity contribution >= 4 is 0 Å². The molecule has 0 amide bonds. The zero-order valence-corrected chi connectivity index (χ0v) is 43.3. The number of hydrogen-bond donors (Lipinski definition) is 0. The van der Waals surface area contributed by atoms with Gasteiger partial charge in [-0.25, -0.2) is 0 Å². The van der Waals surface area contributed by atoms with Crippen LogP contribution in [0.4, 0.5) is 0 Å². The number of rotatable bonds is 7. The summed E-state index contributed by atoms with van der Waals surface area (Å²) in [7, 11) is 2.08. The van der Waals surface area contributed by atoms with E-state index in [2.05, 4.69) is 274 Å². The van der Waals surface area contributed by atoms with Crippen molar-refractivity contribution in [3.05, 3.63) is 321 Å². The van der Waals surface area contributed by atoms with Gasteiger partial charge in [-0.2, -0.15) is 48.5 Å². The molecule has 73 heavy (non-hydrogen) atoms. The Kier molecular flexibility index (Phi) is 10.3. The summed E-state index contributed by atoms with van der Waals surface area (Å²) in [6.45, 7) is 6.58. The van der Waals surface area contributed by atoms with Crippen molar-refractivity contribution in [2.24, 2.45) is 7.05 Å². The molecule has 4 heteroatoms. The summed E-state index contributed by atoms with van der Waals surface area (Å²) in [6, 6.07) is 87.1. The first-order valence-corrected chi connectivity index (χ1v) is 25.0. The minimum atomic E-state index is -0.828. The average Bonchev–Trinajstić information content (AvgIpc) is 4.14. The van der Waals surface area contributed by atoms with Gasteiger partial charge in [-0.3, -0.25) is 4.98 Å². The zero-order chi connectivity index (χ0) is 48.3. The first-order chi connectivity index (χ1) is 35.4. The Balaban J connectivity index is 0.00000516. The minimum Gasteiger partial charge on any atom is -0.351 e. The van der Waals surface area contributed by atoms with Crippen LogP contribution in [-0.4, -0.2) is 9.55 Å². The Labute approximate surface area is 442 Å². The van der Waals surface area contributed by atoms with Gasteiger partial charge in [0, 0.05) is 43.8 Å². The Hall–Kier alpha value is -7.97. The molecule has 0 saturated heterocycles.